The van der Waals surface area contributed by atoms with E-state index in [0.29, 0.717) is 11.1 Å². The lowest BCUT2D eigenvalue weighted by Gasteiger charge is -2.40. The molecule has 202 valence electrons. The van der Waals surface area contributed by atoms with Gasteiger partial charge < -0.3 is 44.8 Å². The smallest absolute Gasteiger partial charge is 0.335 e. The number of aliphatic carboxylic acids is 1. The van der Waals surface area contributed by atoms with Crippen LogP contribution in [0.1, 0.15) is 24.0 Å². The second kappa shape index (κ2) is 11.7. The molecule has 2 aromatic carbocycles. The first-order chi connectivity index (χ1) is 17.9. The Morgan fingerprint density at radius 3 is 2.03 bits per heavy atom. The number of aliphatic hydroxyl groups is 2. The van der Waals surface area contributed by atoms with Crippen molar-refractivity contribution in [2.75, 3.05) is 7.11 Å². The predicted octanol–water partition coefficient (Wildman–Crippen LogP) is 1.33. The van der Waals surface area contributed by atoms with Gasteiger partial charge in [-0.2, -0.15) is 0 Å². The standard InChI is InChI=1S/C26H26O12/c1-36-20-11-15(3-7-17(20)28)5-8-22(31)37-21-13-26(35,25(33)34)12-19(30)24(21)38-23(32)9-4-14-2-6-16(27)18(29)10-14/h2-11,19,21,24,27-30,35H,12-13H2,1H3,(H,33,34)/b8-5+,9-4+/t19-,21-,24+,26-/m0/s1. The third-order valence-corrected chi connectivity index (χ3v) is 5.78. The van der Waals surface area contributed by atoms with Crippen molar-refractivity contribution in [2.24, 2.45) is 0 Å². The number of aliphatic hydroxyl groups excluding tert-OH is 1. The molecule has 1 aliphatic carbocycles. The number of phenolic OH excluding ortho intramolecular Hbond substituents is 3. The first-order valence-corrected chi connectivity index (χ1v) is 11.2. The van der Waals surface area contributed by atoms with Crippen molar-refractivity contribution in [3.8, 4) is 23.0 Å². The maximum absolute atomic E-state index is 12.5. The van der Waals surface area contributed by atoms with E-state index in [2.05, 4.69) is 0 Å². The number of carboxylic acid groups (broad SMARTS) is 1. The van der Waals surface area contributed by atoms with Crippen molar-refractivity contribution in [3.05, 3.63) is 59.7 Å². The summed E-state index contributed by atoms with van der Waals surface area (Å²) in [6.45, 7) is 0. The van der Waals surface area contributed by atoms with E-state index in [9.17, 15) is 45.0 Å². The molecule has 1 fully saturated rings. The molecule has 6 N–H and O–H groups in total. The summed E-state index contributed by atoms with van der Waals surface area (Å²) in [6, 6.07) is 8.06. The predicted molar refractivity (Wildman–Crippen MR) is 130 cm³/mol. The van der Waals surface area contributed by atoms with Gasteiger partial charge in [-0.25, -0.2) is 14.4 Å². The molecule has 0 aliphatic heterocycles. The van der Waals surface area contributed by atoms with E-state index in [1.54, 1.807) is 0 Å². The minimum absolute atomic E-state index is 0.114. The van der Waals surface area contributed by atoms with Crippen LogP contribution < -0.4 is 4.74 Å². The number of hydrogen-bond acceptors (Lipinski definition) is 11. The number of methoxy groups -OCH3 is 1. The number of benzene rings is 2. The Hall–Kier alpha value is -4.55. The maximum atomic E-state index is 12.5. The third kappa shape index (κ3) is 6.81. The van der Waals surface area contributed by atoms with Crippen LogP contribution >= 0.6 is 0 Å². The van der Waals surface area contributed by atoms with Crippen molar-refractivity contribution in [1.29, 1.82) is 0 Å². The summed E-state index contributed by atoms with van der Waals surface area (Å²) in [6.07, 6.45) is -1.57. The van der Waals surface area contributed by atoms with Gasteiger partial charge in [0.05, 0.1) is 13.2 Å². The molecule has 1 aliphatic rings. The summed E-state index contributed by atoms with van der Waals surface area (Å²) in [7, 11) is 1.35. The van der Waals surface area contributed by atoms with Gasteiger partial charge in [0.15, 0.2) is 34.7 Å². The molecule has 0 radical (unpaired) electrons. The Morgan fingerprint density at radius 1 is 0.868 bits per heavy atom. The van der Waals surface area contributed by atoms with Gasteiger partial charge in [-0.3, -0.25) is 0 Å². The first kappa shape index (κ1) is 28.0. The molecule has 0 heterocycles. The first-order valence-electron chi connectivity index (χ1n) is 11.2. The van der Waals surface area contributed by atoms with Crippen LogP contribution in [0.3, 0.4) is 0 Å². The molecule has 3 rings (SSSR count). The summed E-state index contributed by atoms with van der Waals surface area (Å²) in [4.78, 5) is 36.5. The third-order valence-electron chi connectivity index (χ3n) is 5.78. The highest BCUT2D eigenvalue weighted by Gasteiger charge is 2.52. The van der Waals surface area contributed by atoms with Crippen molar-refractivity contribution in [1.82, 2.24) is 0 Å². The Bertz CT molecular complexity index is 1270. The number of aromatic hydroxyl groups is 3. The molecule has 0 unspecified atom stereocenters. The zero-order chi connectivity index (χ0) is 28.0. The summed E-state index contributed by atoms with van der Waals surface area (Å²) in [5, 5.41) is 58.9. The van der Waals surface area contributed by atoms with Crippen molar-refractivity contribution >= 4 is 30.1 Å². The number of hydrogen-bond donors (Lipinski definition) is 6. The van der Waals surface area contributed by atoms with Crippen LogP contribution in [-0.2, 0) is 23.9 Å². The summed E-state index contributed by atoms with van der Waals surface area (Å²) < 4.78 is 15.5. The van der Waals surface area contributed by atoms with E-state index >= 15 is 0 Å². The topological polar surface area (TPSA) is 200 Å². The molecule has 38 heavy (non-hydrogen) atoms. The Morgan fingerprint density at radius 2 is 1.45 bits per heavy atom. The average Bonchev–Trinajstić information content (AvgIpc) is 2.86. The number of esters is 2. The highest BCUT2D eigenvalue weighted by molar-refractivity contribution is 5.88. The van der Waals surface area contributed by atoms with Crippen molar-refractivity contribution < 1.29 is 59.2 Å². The fourth-order valence-electron chi connectivity index (χ4n) is 3.81. The average molecular weight is 530 g/mol. The second-order valence-corrected chi connectivity index (χ2v) is 8.54. The fourth-order valence-corrected chi connectivity index (χ4v) is 3.81. The number of rotatable bonds is 8. The quantitative estimate of drug-likeness (QED) is 0.163. The maximum Gasteiger partial charge on any atom is 0.335 e. The van der Waals surface area contributed by atoms with E-state index in [1.165, 1.54) is 55.7 Å². The highest BCUT2D eigenvalue weighted by atomic mass is 16.6. The van der Waals surface area contributed by atoms with E-state index in [4.69, 9.17) is 14.2 Å². The van der Waals surface area contributed by atoms with Crippen LogP contribution in [-0.4, -0.2) is 79.6 Å². The van der Waals surface area contributed by atoms with Crippen LogP contribution in [0.15, 0.2) is 48.6 Å². The minimum atomic E-state index is -2.44. The lowest BCUT2D eigenvalue weighted by atomic mass is 9.79. The van der Waals surface area contributed by atoms with Gasteiger partial charge >= 0.3 is 17.9 Å². The fraction of sp³-hybridized carbons (Fsp3) is 0.269. The molecular weight excluding hydrogens is 504 g/mol. The van der Waals surface area contributed by atoms with Gasteiger partial charge in [-0.15, -0.1) is 0 Å². The molecule has 0 saturated heterocycles. The van der Waals surface area contributed by atoms with E-state index in [1.807, 2.05) is 0 Å². The van der Waals surface area contributed by atoms with Gasteiger partial charge in [0.1, 0.15) is 6.10 Å². The number of carboxylic acids is 1. The SMILES string of the molecule is COc1cc(/C=C/C(=O)O[C@H]2C[C@](O)(C(=O)O)C[C@H](O)[C@H]2OC(=O)/C=C/c2ccc(O)c(O)c2)ccc1O. The number of carbonyl (C=O) groups is 3. The van der Waals surface area contributed by atoms with Gasteiger partial charge in [0.2, 0.25) is 0 Å². The van der Waals surface area contributed by atoms with Crippen LogP contribution in [0.25, 0.3) is 12.2 Å². The van der Waals surface area contributed by atoms with E-state index in [-0.39, 0.29) is 17.2 Å². The molecule has 12 nitrogen and oxygen atoms in total. The van der Waals surface area contributed by atoms with Gasteiger partial charge in [-0.05, 0) is 47.5 Å². The Kier molecular flexibility index (Phi) is 8.61. The van der Waals surface area contributed by atoms with E-state index in [0.717, 1.165) is 12.2 Å². The van der Waals surface area contributed by atoms with Crippen molar-refractivity contribution in [2.45, 2.75) is 36.8 Å². The molecular formula is C26H26O12. The van der Waals surface area contributed by atoms with Gasteiger partial charge in [0.25, 0.3) is 0 Å². The normalized spacial score (nSPS) is 23.3. The number of phenols is 3. The lowest BCUT2D eigenvalue weighted by Crippen LogP contribution is -2.58. The summed E-state index contributed by atoms with van der Waals surface area (Å²) in [5.41, 5.74) is -1.66. The molecule has 4 atom stereocenters. The molecule has 0 amide bonds. The van der Waals surface area contributed by atoms with Crippen LogP contribution in [0.4, 0.5) is 0 Å². The Labute approximate surface area is 216 Å². The Balaban J connectivity index is 1.76. The highest BCUT2D eigenvalue weighted by Crippen LogP contribution is 2.33. The molecule has 2 aromatic rings. The molecule has 12 heteroatoms. The number of ether oxygens (including phenoxy) is 3. The lowest BCUT2D eigenvalue weighted by molar-refractivity contribution is -0.204. The largest absolute Gasteiger partial charge is 0.504 e. The zero-order valence-corrected chi connectivity index (χ0v) is 20.1. The van der Waals surface area contributed by atoms with Gasteiger partial charge in [0, 0.05) is 25.0 Å². The second-order valence-electron chi connectivity index (χ2n) is 8.54. The summed E-state index contributed by atoms with van der Waals surface area (Å²) >= 11 is 0. The molecule has 0 aromatic heterocycles. The van der Waals surface area contributed by atoms with Crippen molar-refractivity contribution in [3.63, 3.8) is 0 Å². The van der Waals surface area contributed by atoms with Crippen LogP contribution in [0.2, 0.25) is 0 Å². The zero-order valence-electron chi connectivity index (χ0n) is 20.1. The minimum Gasteiger partial charge on any atom is -0.504 e. The summed E-state index contributed by atoms with van der Waals surface area (Å²) in [5.74, 6) is -4.36. The number of carbonyl (C=O) groups excluding carboxylic acids is 2. The monoisotopic (exact) mass is 530 g/mol. The molecule has 0 bridgehead atoms. The molecule has 0 spiro atoms. The van der Waals surface area contributed by atoms with Gasteiger partial charge in [-0.1, -0.05) is 12.1 Å². The van der Waals surface area contributed by atoms with E-state index < -0.39 is 60.4 Å². The molecule has 1 saturated carbocycles. The van der Waals surface area contributed by atoms with Crippen LogP contribution in [0, 0.1) is 0 Å². The van der Waals surface area contributed by atoms with Crippen LogP contribution in [0.5, 0.6) is 23.0 Å².